The molecule has 1 unspecified atom stereocenters. The number of hydrogen-bond donors (Lipinski definition) is 2. The van der Waals surface area contributed by atoms with E-state index in [4.69, 9.17) is 10.5 Å². The average molecular weight is 276 g/mol. The van der Waals surface area contributed by atoms with E-state index >= 15 is 0 Å². The first-order chi connectivity index (χ1) is 8.75. The molecule has 7 heteroatoms. The van der Waals surface area contributed by atoms with Gasteiger partial charge in [0.15, 0.2) is 0 Å². The van der Waals surface area contributed by atoms with Gasteiger partial charge in [0, 0.05) is 6.54 Å². The summed E-state index contributed by atoms with van der Waals surface area (Å²) in [7, 11) is 1.71. The van der Waals surface area contributed by atoms with E-state index in [1.54, 1.807) is 14.0 Å². The number of amides is 1. The third-order valence-corrected chi connectivity index (χ3v) is 2.39. The van der Waals surface area contributed by atoms with Crippen LogP contribution in [0.2, 0.25) is 0 Å². The van der Waals surface area contributed by atoms with Gasteiger partial charge in [0.1, 0.15) is 11.9 Å². The van der Waals surface area contributed by atoms with Crippen molar-refractivity contribution in [1.29, 1.82) is 0 Å². The number of rotatable bonds is 5. The number of hydrogen-bond acceptors (Lipinski definition) is 3. The number of likely N-dealkylation sites (N-methyl/N-ethyl adjacent to an activating group) is 1. The molecule has 1 rings (SSSR count). The lowest BCUT2D eigenvalue weighted by atomic mass is 10.1. The first-order valence-electron chi connectivity index (χ1n) is 5.58. The molecule has 3 N–H and O–H groups in total. The molecule has 0 heterocycles. The smallest absolute Gasteiger partial charge is 0.416 e. The fraction of sp³-hybridized carbons (Fsp3) is 0.417. The van der Waals surface area contributed by atoms with Gasteiger partial charge in [-0.15, -0.1) is 0 Å². The fourth-order valence-electron chi connectivity index (χ4n) is 1.55. The van der Waals surface area contributed by atoms with E-state index in [-0.39, 0.29) is 17.4 Å². The Kier molecular flexibility index (Phi) is 4.77. The van der Waals surface area contributed by atoms with E-state index in [2.05, 4.69) is 5.32 Å². The quantitative estimate of drug-likeness (QED) is 0.861. The SMILES string of the molecule is CNCC(C)Oc1ccc(C(F)(F)F)cc1C(N)=O. The highest BCUT2D eigenvalue weighted by Gasteiger charge is 2.31. The summed E-state index contributed by atoms with van der Waals surface area (Å²) >= 11 is 0. The van der Waals surface area contributed by atoms with Crippen LogP contribution in [0.1, 0.15) is 22.8 Å². The van der Waals surface area contributed by atoms with E-state index in [1.807, 2.05) is 0 Å². The van der Waals surface area contributed by atoms with Crippen LogP contribution in [0.4, 0.5) is 13.2 Å². The number of ether oxygens (including phenoxy) is 1. The van der Waals surface area contributed by atoms with Crippen molar-refractivity contribution in [3.8, 4) is 5.75 Å². The molecule has 4 nitrogen and oxygen atoms in total. The highest BCUT2D eigenvalue weighted by Crippen LogP contribution is 2.32. The van der Waals surface area contributed by atoms with Crippen molar-refractivity contribution in [1.82, 2.24) is 5.32 Å². The second-order valence-corrected chi connectivity index (χ2v) is 4.06. The van der Waals surface area contributed by atoms with Gasteiger partial charge in [0.25, 0.3) is 5.91 Å². The maximum atomic E-state index is 12.5. The molecule has 0 aliphatic rings. The lowest BCUT2D eigenvalue weighted by Crippen LogP contribution is -2.27. The standard InChI is InChI=1S/C12H15F3N2O2/c1-7(6-17-2)19-10-4-3-8(12(13,14)15)5-9(10)11(16)18/h3-5,7,17H,6H2,1-2H3,(H2,16,18). The lowest BCUT2D eigenvalue weighted by molar-refractivity contribution is -0.137. The number of alkyl halides is 3. The Balaban J connectivity index is 3.09. The zero-order chi connectivity index (χ0) is 14.6. The van der Waals surface area contributed by atoms with Gasteiger partial charge in [-0.05, 0) is 32.2 Å². The number of carbonyl (C=O) groups is 1. The highest BCUT2D eigenvalue weighted by atomic mass is 19.4. The molecule has 1 aromatic rings. The topological polar surface area (TPSA) is 64.3 Å². The normalized spacial score (nSPS) is 13.1. The van der Waals surface area contributed by atoms with Gasteiger partial charge in [0.2, 0.25) is 0 Å². The molecule has 0 radical (unpaired) electrons. The van der Waals surface area contributed by atoms with Crippen LogP contribution in [-0.4, -0.2) is 25.6 Å². The van der Waals surface area contributed by atoms with Crippen LogP contribution in [0.3, 0.4) is 0 Å². The van der Waals surface area contributed by atoms with Crippen molar-refractivity contribution in [3.05, 3.63) is 29.3 Å². The van der Waals surface area contributed by atoms with Gasteiger partial charge >= 0.3 is 6.18 Å². The van der Waals surface area contributed by atoms with Gasteiger partial charge < -0.3 is 15.8 Å². The first kappa shape index (κ1) is 15.3. The minimum atomic E-state index is -4.53. The van der Waals surface area contributed by atoms with Crippen LogP contribution in [0.25, 0.3) is 0 Å². The maximum Gasteiger partial charge on any atom is 0.416 e. The molecule has 1 aromatic carbocycles. The average Bonchev–Trinajstić information content (AvgIpc) is 2.27. The molecule has 0 saturated heterocycles. The number of nitrogens with two attached hydrogens (primary N) is 1. The molecule has 0 aliphatic carbocycles. The van der Waals surface area contributed by atoms with Gasteiger partial charge in [-0.3, -0.25) is 4.79 Å². The van der Waals surface area contributed by atoms with Crippen molar-refractivity contribution in [2.24, 2.45) is 5.73 Å². The predicted octanol–water partition coefficient (Wildman–Crippen LogP) is 1.79. The third kappa shape index (κ3) is 4.13. The Morgan fingerprint density at radius 2 is 2.11 bits per heavy atom. The molecule has 0 aliphatic heterocycles. The predicted molar refractivity (Wildman–Crippen MR) is 64.0 cm³/mol. The van der Waals surface area contributed by atoms with E-state index in [0.717, 1.165) is 12.1 Å². The van der Waals surface area contributed by atoms with Crippen molar-refractivity contribution in [2.45, 2.75) is 19.2 Å². The van der Waals surface area contributed by atoms with Crippen molar-refractivity contribution >= 4 is 5.91 Å². The summed E-state index contributed by atoms with van der Waals surface area (Å²) in [4.78, 5) is 11.2. The number of benzene rings is 1. The van der Waals surface area contributed by atoms with Gasteiger partial charge in [-0.1, -0.05) is 0 Å². The summed E-state index contributed by atoms with van der Waals surface area (Å²) in [6.45, 7) is 2.21. The Morgan fingerprint density at radius 1 is 1.47 bits per heavy atom. The molecule has 0 fully saturated rings. The summed E-state index contributed by atoms with van der Waals surface area (Å²) in [6.07, 6.45) is -4.83. The van der Waals surface area contributed by atoms with E-state index in [0.29, 0.717) is 12.6 Å². The third-order valence-electron chi connectivity index (χ3n) is 2.39. The van der Waals surface area contributed by atoms with Gasteiger partial charge in [0.05, 0.1) is 11.1 Å². The first-order valence-corrected chi connectivity index (χ1v) is 5.58. The number of carbonyl (C=O) groups excluding carboxylic acids is 1. The molecule has 0 bridgehead atoms. The number of nitrogens with one attached hydrogen (secondary N) is 1. The Morgan fingerprint density at radius 3 is 2.58 bits per heavy atom. The van der Waals surface area contributed by atoms with Crippen LogP contribution in [0.15, 0.2) is 18.2 Å². The Bertz CT molecular complexity index is 461. The highest BCUT2D eigenvalue weighted by molar-refractivity contribution is 5.95. The summed E-state index contributed by atoms with van der Waals surface area (Å²) in [5.74, 6) is -0.916. The largest absolute Gasteiger partial charge is 0.489 e. The molecule has 19 heavy (non-hydrogen) atoms. The molecule has 0 saturated carbocycles. The summed E-state index contributed by atoms with van der Waals surface area (Å²) in [5.41, 5.74) is 3.86. The summed E-state index contributed by atoms with van der Waals surface area (Å²) in [5, 5.41) is 2.85. The van der Waals surface area contributed by atoms with Crippen LogP contribution < -0.4 is 15.8 Å². The molecule has 0 aromatic heterocycles. The van der Waals surface area contributed by atoms with Crippen LogP contribution >= 0.6 is 0 Å². The number of halogens is 3. The monoisotopic (exact) mass is 276 g/mol. The van der Waals surface area contributed by atoms with Crippen molar-refractivity contribution < 1.29 is 22.7 Å². The van der Waals surface area contributed by atoms with E-state index in [9.17, 15) is 18.0 Å². The summed E-state index contributed by atoms with van der Waals surface area (Å²) in [6, 6.07) is 2.66. The van der Waals surface area contributed by atoms with Gasteiger partial charge in [-0.2, -0.15) is 13.2 Å². The minimum Gasteiger partial charge on any atom is -0.489 e. The molecule has 0 spiro atoms. The zero-order valence-electron chi connectivity index (χ0n) is 10.5. The van der Waals surface area contributed by atoms with Crippen LogP contribution in [0.5, 0.6) is 5.75 Å². The molecule has 1 amide bonds. The Labute approximate surface area is 108 Å². The Hall–Kier alpha value is -1.76. The van der Waals surface area contributed by atoms with E-state index < -0.39 is 17.6 Å². The van der Waals surface area contributed by atoms with Crippen molar-refractivity contribution in [2.75, 3.05) is 13.6 Å². The molecular formula is C12H15F3N2O2. The molecule has 106 valence electrons. The second kappa shape index (κ2) is 5.92. The van der Waals surface area contributed by atoms with Crippen LogP contribution in [0, 0.1) is 0 Å². The minimum absolute atomic E-state index is 0.0447. The zero-order valence-corrected chi connectivity index (χ0v) is 10.5. The fourth-order valence-corrected chi connectivity index (χ4v) is 1.55. The molecular weight excluding hydrogens is 261 g/mol. The van der Waals surface area contributed by atoms with E-state index in [1.165, 1.54) is 0 Å². The summed E-state index contributed by atoms with van der Waals surface area (Å²) < 4.78 is 43.0. The van der Waals surface area contributed by atoms with Gasteiger partial charge in [-0.25, -0.2) is 0 Å². The lowest BCUT2D eigenvalue weighted by Gasteiger charge is -2.17. The maximum absolute atomic E-state index is 12.5. The number of primary amides is 1. The second-order valence-electron chi connectivity index (χ2n) is 4.06. The van der Waals surface area contributed by atoms with Crippen LogP contribution in [-0.2, 0) is 6.18 Å². The van der Waals surface area contributed by atoms with Crippen molar-refractivity contribution in [3.63, 3.8) is 0 Å². The molecule has 1 atom stereocenters.